The maximum absolute atomic E-state index is 13.2. The summed E-state index contributed by atoms with van der Waals surface area (Å²) >= 11 is 0. The maximum Gasteiger partial charge on any atom is 0.360 e. The largest absolute Gasteiger partial charge is 0.496 e. The summed E-state index contributed by atoms with van der Waals surface area (Å²) < 4.78 is 28.3. The highest BCUT2D eigenvalue weighted by molar-refractivity contribution is 6.05. The molecule has 0 radical (unpaired) electrons. The summed E-state index contributed by atoms with van der Waals surface area (Å²) in [6.07, 6.45) is -3.66. The first kappa shape index (κ1) is 30.2. The molecule has 3 aromatic carbocycles. The summed E-state index contributed by atoms with van der Waals surface area (Å²) in [5, 5.41) is 24.7. The number of hydrogen-bond donors (Lipinski definition) is 3. The van der Waals surface area contributed by atoms with Crippen LogP contribution in [0.4, 0.5) is 5.69 Å². The van der Waals surface area contributed by atoms with Gasteiger partial charge >= 0.3 is 5.63 Å². The Bertz CT molecular complexity index is 1680. The van der Waals surface area contributed by atoms with Crippen LogP contribution in [0.1, 0.15) is 29.8 Å². The number of aliphatic hydroxyl groups excluding tert-OH is 2. The van der Waals surface area contributed by atoms with E-state index in [1.54, 1.807) is 58.2 Å². The minimum absolute atomic E-state index is 0.0252. The molecule has 10 heteroatoms. The third-order valence-corrected chi connectivity index (χ3v) is 7.84. The van der Waals surface area contributed by atoms with Crippen molar-refractivity contribution in [3.63, 3.8) is 0 Å². The maximum atomic E-state index is 13.2. The Balaban J connectivity index is 1.38. The third kappa shape index (κ3) is 6.00. The highest BCUT2D eigenvalue weighted by Crippen LogP contribution is 2.37. The molecule has 1 aliphatic heterocycles. The summed E-state index contributed by atoms with van der Waals surface area (Å²) in [7, 11) is 3.08. The highest BCUT2D eigenvalue weighted by atomic mass is 16.7. The van der Waals surface area contributed by atoms with Crippen molar-refractivity contribution in [2.45, 2.75) is 44.9 Å². The second-order valence-electron chi connectivity index (χ2n) is 11.0. The Morgan fingerprint density at radius 2 is 1.70 bits per heavy atom. The molecule has 43 heavy (non-hydrogen) atoms. The molecule has 0 saturated carbocycles. The number of amides is 1. The van der Waals surface area contributed by atoms with Gasteiger partial charge in [0.15, 0.2) is 0 Å². The Kier molecular flexibility index (Phi) is 8.57. The molecule has 10 nitrogen and oxygen atoms in total. The Morgan fingerprint density at radius 3 is 2.40 bits per heavy atom. The molecule has 3 N–H and O–H groups in total. The van der Waals surface area contributed by atoms with Gasteiger partial charge in [0, 0.05) is 35.1 Å². The lowest BCUT2D eigenvalue weighted by molar-refractivity contribution is -0.293. The van der Waals surface area contributed by atoms with Gasteiger partial charge in [-0.05, 0) is 62.7 Å². The first-order valence-electron chi connectivity index (χ1n) is 13.9. The predicted octanol–water partition coefficient (Wildman–Crippen LogP) is 4.53. The number of hydrogen-bond acceptors (Lipinski definition) is 9. The van der Waals surface area contributed by atoms with Crippen molar-refractivity contribution in [1.29, 1.82) is 0 Å². The van der Waals surface area contributed by atoms with Crippen molar-refractivity contribution in [3.8, 4) is 22.6 Å². The van der Waals surface area contributed by atoms with Crippen LogP contribution < -0.4 is 20.4 Å². The van der Waals surface area contributed by atoms with E-state index in [-0.39, 0.29) is 17.9 Å². The van der Waals surface area contributed by atoms with Crippen LogP contribution >= 0.6 is 0 Å². The molecule has 1 aliphatic rings. The van der Waals surface area contributed by atoms with E-state index in [0.29, 0.717) is 28.0 Å². The van der Waals surface area contributed by atoms with Crippen molar-refractivity contribution in [3.05, 3.63) is 88.3 Å². The number of ether oxygens (including phenoxy) is 4. The number of benzene rings is 3. The third-order valence-electron chi connectivity index (χ3n) is 7.84. The fourth-order valence-electron chi connectivity index (χ4n) is 5.37. The average Bonchev–Trinajstić information content (AvgIpc) is 3.00. The molecule has 1 saturated heterocycles. The fraction of sp³-hybridized carbons (Fsp3) is 0.333. The molecule has 4 aromatic rings. The van der Waals surface area contributed by atoms with Gasteiger partial charge < -0.3 is 38.9 Å². The number of anilines is 1. The molecule has 0 bridgehead atoms. The monoisotopic (exact) mass is 589 g/mol. The molecule has 5 rings (SSSR count). The molecule has 1 aromatic heterocycles. The van der Waals surface area contributed by atoms with Crippen molar-refractivity contribution < 1.29 is 38.4 Å². The molecule has 4 atom stereocenters. The van der Waals surface area contributed by atoms with Crippen LogP contribution in [0.15, 0.2) is 75.9 Å². The first-order valence-corrected chi connectivity index (χ1v) is 13.9. The molecule has 226 valence electrons. The van der Waals surface area contributed by atoms with Crippen molar-refractivity contribution in [2.75, 3.05) is 26.1 Å². The van der Waals surface area contributed by atoms with Crippen LogP contribution in [0.2, 0.25) is 0 Å². The standard InChI is InChI=1S/C33H35NO9/c1-18-25(41-32-28(36)27(35)23(17-39-4)33(2,3)43-32)13-11-20-16-24(31(38)42-29(18)20)34-30(37)21-12-14-26(40-5)22(15-21)19-9-7-6-8-10-19/h6-16,23,27-28,32,35-36H,17H2,1-5H3,(H,34,37)/t23?,27?,28-,32+/m0/s1. The summed E-state index contributed by atoms with van der Waals surface area (Å²) in [6.45, 7) is 5.48. The lowest BCUT2D eigenvalue weighted by atomic mass is 9.81. The minimum Gasteiger partial charge on any atom is -0.496 e. The normalized spacial score (nSPS) is 21.4. The molecule has 0 spiro atoms. The quantitative estimate of drug-likeness (QED) is 0.253. The number of nitrogens with one attached hydrogen (secondary N) is 1. The smallest absolute Gasteiger partial charge is 0.360 e. The van der Waals surface area contributed by atoms with Gasteiger partial charge in [0.05, 0.1) is 25.4 Å². The predicted molar refractivity (Wildman–Crippen MR) is 161 cm³/mol. The van der Waals surface area contributed by atoms with Gasteiger partial charge in [-0.3, -0.25) is 4.79 Å². The van der Waals surface area contributed by atoms with Crippen LogP contribution in [-0.2, 0) is 9.47 Å². The van der Waals surface area contributed by atoms with Crippen LogP contribution in [-0.4, -0.2) is 61.0 Å². The van der Waals surface area contributed by atoms with Crippen LogP contribution in [0, 0.1) is 12.8 Å². The van der Waals surface area contributed by atoms with E-state index >= 15 is 0 Å². The summed E-state index contributed by atoms with van der Waals surface area (Å²) in [5.74, 6) is -0.0454. The van der Waals surface area contributed by atoms with Gasteiger partial charge in [0.2, 0.25) is 6.29 Å². The highest BCUT2D eigenvalue weighted by Gasteiger charge is 2.50. The lowest BCUT2D eigenvalue weighted by Crippen LogP contribution is -2.61. The van der Waals surface area contributed by atoms with E-state index in [1.165, 1.54) is 13.2 Å². The van der Waals surface area contributed by atoms with Crippen LogP contribution in [0.25, 0.3) is 22.1 Å². The van der Waals surface area contributed by atoms with Crippen molar-refractivity contribution in [2.24, 2.45) is 5.92 Å². The summed E-state index contributed by atoms with van der Waals surface area (Å²) in [5.41, 5.74) is 1.07. The summed E-state index contributed by atoms with van der Waals surface area (Å²) in [4.78, 5) is 26.2. The Labute approximate surface area is 248 Å². The number of rotatable bonds is 8. The molecule has 1 amide bonds. The zero-order chi connectivity index (χ0) is 30.9. The number of aliphatic hydroxyl groups is 2. The fourth-order valence-corrected chi connectivity index (χ4v) is 5.37. The SMILES string of the molecule is COCC1C(O)[C@H](O)[C@H](Oc2ccc3cc(NC(=O)c4ccc(OC)c(-c5ccccc5)c4)c(=O)oc3c2C)OC1(C)C. The van der Waals surface area contributed by atoms with Gasteiger partial charge in [-0.25, -0.2) is 4.79 Å². The van der Waals surface area contributed by atoms with Gasteiger partial charge in [0.25, 0.3) is 5.91 Å². The number of fused-ring (bicyclic) bond motifs is 1. The Hall–Kier alpha value is -4.22. The minimum atomic E-state index is -1.34. The number of carbonyl (C=O) groups excluding carboxylic acids is 1. The van der Waals surface area contributed by atoms with E-state index < -0.39 is 41.5 Å². The zero-order valence-corrected chi connectivity index (χ0v) is 24.6. The second kappa shape index (κ2) is 12.2. The van der Waals surface area contributed by atoms with E-state index in [9.17, 15) is 19.8 Å². The first-order chi connectivity index (χ1) is 20.5. The second-order valence-corrected chi connectivity index (χ2v) is 11.0. The zero-order valence-electron chi connectivity index (χ0n) is 24.6. The summed E-state index contributed by atoms with van der Waals surface area (Å²) in [6, 6.07) is 19.4. The number of carbonyl (C=O) groups is 1. The number of methoxy groups -OCH3 is 2. The number of aryl methyl sites for hydroxylation is 1. The molecule has 2 heterocycles. The van der Waals surface area contributed by atoms with E-state index in [1.807, 2.05) is 30.3 Å². The van der Waals surface area contributed by atoms with E-state index in [2.05, 4.69) is 5.32 Å². The van der Waals surface area contributed by atoms with Gasteiger partial charge in [-0.1, -0.05) is 30.3 Å². The van der Waals surface area contributed by atoms with Crippen LogP contribution in [0.3, 0.4) is 0 Å². The molecular formula is C33H35NO9. The van der Waals surface area contributed by atoms with Gasteiger partial charge in [-0.15, -0.1) is 0 Å². The van der Waals surface area contributed by atoms with Gasteiger partial charge in [0.1, 0.15) is 28.9 Å². The van der Waals surface area contributed by atoms with E-state index in [0.717, 1.165) is 11.1 Å². The molecule has 1 fully saturated rings. The molecule has 0 aliphatic carbocycles. The van der Waals surface area contributed by atoms with Crippen molar-refractivity contribution in [1.82, 2.24) is 0 Å². The van der Waals surface area contributed by atoms with E-state index in [4.69, 9.17) is 23.4 Å². The topological polar surface area (TPSA) is 137 Å². The van der Waals surface area contributed by atoms with Crippen molar-refractivity contribution >= 4 is 22.6 Å². The Morgan fingerprint density at radius 1 is 0.977 bits per heavy atom. The lowest BCUT2D eigenvalue weighted by Gasteiger charge is -2.47. The van der Waals surface area contributed by atoms with Crippen LogP contribution in [0.5, 0.6) is 11.5 Å². The molecular weight excluding hydrogens is 554 g/mol. The van der Waals surface area contributed by atoms with Gasteiger partial charge in [-0.2, -0.15) is 0 Å². The molecule has 2 unspecified atom stereocenters. The average molecular weight is 590 g/mol.